The Kier molecular flexibility index (Phi) is 3.32. The van der Waals surface area contributed by atoms with Gasteiger partial charge in [-0.15, -0.1) is 0 Å². The van der Waals surface area contributed by atoms with E-state index in [1.165, 1.54) is 12.1 Å². The van der Waals surface area contributed by atoms with Crippen molar-refractivity contribution < 1.29 is 17.2 Å². The van der Waals surface area contributed by atoms with Gasteiger partial charge in [-0.05, 0) is 30.3 Å². The predicted octanol–water partition coefficient (Wildman–Crippen LogP) is 2.65. The van der Waals surface area contributed by atoms with Crippen LogP contribution in [-0.4, -0.2) is 18.0 Å². The van der Waals surface area contributed by atoms with Crippen molar-refractivity contribution in [2.45, 2.75) is 4.90 Å². The van der Waals surface area contributed by atoms with Crippen molar-refractivity contribution in [1.82, 2.24) is 9.55 Å². The van der Waals surface area contributed by atoms with Crippen LogP contribution in [-0.2, 0) is 17.1 Å². The highest BCUT2D eigenvalue weighted by atomic mass is 32.2. The minimum Gasteiger partial charge on any atom is -0.334 e. The first-order chi connectivity index (χ1) is 10.4. The number of aryl methyl sites for hydroxylation is 1. The standard InChI is InChI=1S/C14H11F2N3O2S/c1-19-8-17-12-7-9(5-6-13(12)19)22(20,21)18-14-10(15)3-2-4-11(14)16/h2-8,18H,1H3. The Bertz CT molecular complexity index is 947. The number of nitrogens with one attached hydrogen (secondary N) is 1. The molecule has 8 heteroatoms. The molecule has 0 radical (unpaired) electrons. The van der Waals surface area contributed by atoms with Gasteiger partial charge >= 0.3 is 0 Å². The van der Waals surface area contributed by atoms with Crippen molar-refractivity contribution in [2.24, 2.45) is 7.05 Å². The second kappa shape index (κ2) is 5.06. The number of rotatable bonds is 3. The molecule has 0 saturated carbocycles. The van der Waals surface area contributed by atoms with Crippen LogP contribution in [0.25, 0.3) is 11.0 Å². The van der Waals surface area contributed by atoms with Gasteiger partial charge in [-0.3, -0.25) is 4.72 Å². The molecular weight excluding hydrogens is 312 g/mol. The Morgan fingerprint density at radius 1 is 1.14 bits per heavy atom. The summed E-state index contributed by atoms with van der Waals surface area (Å²) in [4.78, 5) is 3.93. The van der Waals surface area contributed by atoms with Gasteiger partial charge in [0.2, 0.25) is 0 Å². The van der Waals surface area contributed by atoms with E-state index in [9.17, 15) is 17.2 Å². The molecule has 0 amide bonds. The van der Waals surface area contributed by atoms with Gasteiger partial charge in [-0.1, -0.05) is 6.07 Å². The maximum absolute atomic E-state index is 13.6. The molecule has 0 unspecified atom stereocenters. The van der Waals surface area contributed by atoms with E-state index < -0.39 is 27.3 Å². The third kappa shape index (κ3) is 2.41. The fraction of sp³-hybridized carbons (Fsp3) is 0.0714. The zero-order valence-corrected chi connectivity index (χ0v) is 12.2. The summed E-state index contributed by atoms with van der Waals surface area (Å²) in [5.41, 5.74) is 0.513. The summed E-state index contributed by atoms with van der Waals surface area (Å²) in [6.07, 6.45) is 1.55. The van der Waals surface area contributed by atoms with E-state index in [-0.39, 0.29) is 4.90 Å². The summed E-state index contributed by atoms with van der Waals surface area (Å²) < 4.78 is 55.4. The number of halogens is 2. The SMILES string of the molecule is Cn1cnc2cc(S(=O)(=O)Nc3c(F)cccc3F)ccc21. The number of sulfonamides is 1. The second-order valence-corrected chi connectivity index (χ2v) is 6.39. The van der Waals surface area contributed by atoms with Crippen LogP contribution < -0.4 is 4.72 Å². The number of benzene rings is 2. The molecule has 114 valence electrons. The van der Waals surface area contributed by atoms with E-state index in [1.54, 1.807) is 24.0 Å². The minimum absolute atomic E-state index is 0.124. The molecule has 0 fully saturated rings. The molecule has 1 N–H and O–H groups in total. The first-order valence-electron chi connectivity index (χ1n) is 6.26. The van der Waals surface area contributed by atoms with Gasteiger partial charge in [0.15, 0.2) is 0 Å². The molecular formula is C14H11F2N3O2S. The fourth-order valence-corrected chi connectivity index (χ4v) is 3.17. The third-order valence-electron chi connectivity index (χ3n) is 3.21. The Labute approximate surface area is 125 Å². The van der Waals surface area contributed by atoms with Crippen LogP contribution in [0.1, 0.15) is 0 Å². The molecule has 0 spiro atoms. The van der Waals surface area contributed by atoms with Crippen LogP contribution in [0.15, 0.2) is 47.6 Å². The maximum atomic E-state index is 13.6. The molecule has 1 aromatic heterocycles. The van der Waals surface area contributed by atoms with Crippen LogP contribution in [0, 0.1) is 11.6 Å². The van der Waals surface area contributed by atoms with Crippen molar-refractivity contribution in [2.75, 3.05) is 4.72 Å². The molecule has 0 atom stereocenters. The molecule has 0 saturated heterocycles. The number of fused-ring (bicyclic) bond motifs is 1. The lowest BCUT2D eigenvalue weighted by Gasteiger charge is -2.10. The zero-order valence-electron chi connectivity index (χ0n) is 11.4. The first kappa shape index (κ1) is 14.5. The summed E-state index contributed by atoms with van der Waals surface area (Å²) in [5, 5.41) is 0. The lowest BCUT2D eigenvalue weighted by Crippen LogP contribution is -2.15. The number of hydrogen-bond donors (Lipinski definition) is 1. The van der Waals surface area contributed by atoms with Gasteiger partial charge in [0.1, 0.15) is 17.3 Å². The topological polar surface area (TPSA) is 64.0 Å². The maximum Gasteiger partial charge on any atom is 0.262 e. The summed E-state index contributed by atoms with van der Waals surface area (Å²) >= 11 is 0. The van der Waals surface area contributed by atoms with Crippen LogP contribution >= 0.6 is 0 Å². The summed E-state index contributed by atoms with van der Waals surface area (Å²) in [6, 6.07) is 7.38. The van der Waals surface area contributed by atoms with Crippen molar-refractivity contribution in [3.8, 4) is 0 Å². The van der Waals surface area contributed by atoms with E-state index >= 15 is 0 Å². The number of nitrogens with zero attached hydrogens (tertiary/aromatic N) is 2. The van der Waals surface area contributed by atoms with E-state index in [1.807, 2.05) is 4.72 Å². The Balaban J connectivity index is 2.04. The van der Waals surface area contributed by atoms with Crippen LogP contribution in [0.2, 0.25) is 0 Å². The second-order valence-electron chi connectivity index (χ2n) is 4.71. The Morgan fingerprint density at radius 2 is 1.82 bits per heavy atom. The van der Waals surface area contributed by atoms with Gasteiger partial charge in [-0.2, -0.15) is 0 Å². The van der Waals surface area contributed by atoms with Crippen LogP contribution in [0.3, 0.4) is 0 Å². The van der Waals surface area contributed by atoms with Gasteiger partial charge < -0.3 is 4.57 Å². The summed E-state index contributed by atoms with van der Waals surface area (Å²) in [7, 11) is -2.35. The van der Waals surface area contributed by atoms with Gasteiger partial charge in [0, 0.05) is 7.05 Å². The largest absolute Gasteiger partial charge is 0.334 e. The van der Waals surface area contributed by atoms with Crippen molar-refractivity contribution in [1.29, 1.82) is 0 Å². The minimum atomic E-state index is -4.12. The molecule has 1 heterocycles. The summed E-state index contributed by atoms with van der Waals surface area (Å²) in [5.74, 6) is -1.97. The molecule has 2 aromatic carbocycles. The molecule has 0 bridgehead atoms. The van der Waals surface area contributed by atoms with Gasteiger partial charge in [-0.25, -0.2) is 22.2 Å². The Morgan fingerprint density at radius 3 is 2.50 bits per heavy atom. The normalized spacial score (nSPS) is 11.8. The number of anilines is 1. The molecule has 3 rings (SSSR count). The van der Waals surface area contributed by atoms with Crippen molar-refractivity contribution in [3.05, 3.63) is 54.4 Å². The number of para-hydroxylation sites is 1. The highest BCUT2D eigenvalue weighted by Crippen LogP contribution is 2.24. The van der Waals surface area contributed by atoms with E-state index in [2.05, 4.69) is 4.98 Å². The lowest BCUT2D eigenvalue weighted by molar-refractivity contribution is 0.583. The molecule has 0 aliphatic rings. The number of imidazole rings is 1. The predicted molar refractivity (Wildman–Crippen MR) is 77.9 cm³/mol. The molecule has 5 nitrogen and oxygen atoms in total. The highest BCUT2D eigenvalue weighted by molar-refractivity contribution is 7.92. The monoisotopic (exact) mass is 323 g/mol. The molecule has 0 aliphatic heterocycles. The number of hydrogen-bond acceptors (Lipinski definition) is 3. The summed E-state index contributed by atoms with van der Waals surface area (Å²) in [6.45, 7) is 0. The lowest BCUT2D eigenvalue weighted by atomic mass is 10.3. The van der Waals surface area contributed by atoms with Crippen LogP contribution in [0.4, 0.5) is 14.5 Å². The first-order valence-corrected chi connectivity index (χ1v) is 7.75. The third-order valence-corrected chi connectivity index (χ3v) is 4.55. The van der Waals surface area contributed by atoms with Crippen LogP contribution in [0.5, 0.6) is 0 Å². The average Bonchev–Trinajstić information content (AvgIpc) is 2.84. The Hall–Kier alpha value is -2.48. The quantitative estimate of drug-likeness (QED) is 0.806. The van der Waals surface area contributed by atoms with Gasteiger partial charge in [0.25, 0.3) is 10.0 Å². The van der Waals surface area contributed by atoms with Crippen molar-refractivity contribution in [3.63, 3.8) is 0 Å². The van der Waals surface area contributed by atoms with E-state index in [4.69, 9.17) is 0 Å². The number of aromatic nitrogens is 2. The smallest absolute Gasteiger partial charge is 0.262 e. The fourth-order valence-electron chi connectivity index (χ4n) is 2.07. The average molecular weight is 323 g/mol. The highest BCUT2D eigenvalue weighted by Gasteiger charge is 2.19. The molecule has 22 heavy (non-hydrogen) atoms. The zero-order chi connectivity index (χ0) is 15.9. The van der Waals surface area contributed by atoms with E-state index in [0.717, 1.165) is 23.7 Å². The van der Waals surface area contributed by atoms with Gasteiger partial charge in [0.05, 0.1) is 22.3 Å². The molecule has 0 aliphatic carbocycles. The van der Waals surface area contributed by atoms with Crippen molar-refractivity contribution >= 4 is 26.7 Å². The molecule has 3 aromatic rings. The van der Waals surface area contributed by atoms with E-state index in [0.29, 0.717) is 5.52 Å².